The maximum atomic E-state index is 4.29. The van der Waals surface area contributed by atoms with E-state index in [1.807, 2.05) is 31.4 Å². The zero-order valence-electron chi connectivity index (χ0n) is 11.7. The zero-order valence-corrected chi connectivity index (χ0v) is 12.5. The van der Waals surface area contributed by atoms with Crippen molar-refractivity contribution in [3.8, 4) is 0 Å². The molecule has 0 aliphatic heterocycles. The molecule has 0 spiro atoms. The lowest BCUT2D eigenvalue weighted by atomic mass is 10.4. The Labute approximate surface area is 127 Å². The van der Waals surface area contributed by atoms with E-state index < -0.39 is 0 Å². The zero-order chi connectivity index (χ0) is 14.5. The van der Waals surface area contributed by atoms with Gasteiger partial charge in [-0.2, -0.15) is 5.10 Å². The van der Waals surface area contributed by atoms with Crippen molar-refractivity contribution in [1.82, 2.24) is 24.7 Å². The molecule has 3 aromatic heterocycles. The molecular weight excluding hydrogens is 284 g/mol. The fourth-order valence-corrected chi connectivity index (χ4v) is 2.80. The molecule has 0 unspecified atom stereocenters. The lowest BCUT2D eigenvalue weighted by molar-refractivity contribution is 0.785. The molecule has 21 heavy (non-hydrogen) atoms. The maximum Gasteiger partial charge on any atom is 0.163 e. The first kappa shape index (κ1) is 13.8. The second-order valence-electron chi connectivity index (χ2n) is 4.52. The monoisotopic (exact) mass is 300 g/mol. The fraction of sp³-hybridized carbons (Fsp3) is 0.286. The number of anilines is 1. The molecule has 0 radical (unpaired) electrons. The summed E-state index contributed by atoms with van der Waals surface area (Å²) >= 11 is 1.76. The third kappa shape index (κ3) is 3.30. The van der Waals surface area contributed by atoms with Gasteiger partial charge >= 0.3 is 0 Å². The molecule has 3 rings (SSSR count). The highest BCUT2D eigenvalue weighted by molar-refractivity contribution is 7.99. The van der Waals surface area contributed by atoms with Gasteiger partial charge in [0.1, 0.15) is 12.1 Å². The molecule has 0 fully saturated rings. The van der Waals surface area contributed by atoms with Gasteiger partial charge in [0.05, 0.1) is 16.6 Å². The van der Waals surface area contributed by atoms with Crippen molar-refractivity contribution in [3.05, 3.63) is 36.9 Å². The van der Waals surface area contributed by atoms with Crippen molar-refractivity contribution >= 4 is 28.6 Å². The Bertz CT molecular complexity index is 712. The van der Waals surface area contributed by atoms with Gasteiger partial charge in [-0.1, -0.05) is 6.07 Å². The summed E-state index contributed by atoms with van der Waals surface area (Å²) in [6.07, 6.45) is 6.21. The summed E-state index contributed by atoms with van der Waals surface area (Å²) in [6, 6.07) is 5.97. The molecule has 6 nitrogen and oxygen atoms in total. The minimum absolute atomic E-state index is 0.843. The molecule has 0 aliphatic rings. The molecule has 0 aromatic carbocycles. The minimum Gasteiger partial charge on any atom is -0.369 e. The average Bonchev–Trinajstić information content (AvgIpc) is 2.90. The maximum absolute atomic E-state index is 4.29. The number of nitrogens with one attached hydrogen (secondary N) is 1. The molecule has 108 valence electrons. The van der Waals surface area contributed by atoms with E-state index in [4.69, 9.17) is 0 Å². The predicted octanol–water partition coefficient (Wildman–Crippen LogP) is 2.35. The smallest absolute Gasteiger partial charge is 0.163 e. The van der Waals surface area contributed by atoms with Crippen LogP contribution in [0.15, 0.2) is 41.9 Å². The Kier molecular flexibility index (Phi) is 4.30. The van der Waals surface area contributed by atoms with Crippen LogP contribution < -0.4 is 5.32 Å². The number of pyridine rings is 1. The normalized spacial score (nSPS) is 10.9. The van der Waals surface area contributed by atoms with E-state index in [0.29, 0.717) is 0 Å². The molecule has 3 aromatic rings. The number of hydrogen-bond acceptors (Lipinski definition) is 6. The van der Waals surface area contributed by atoms with Gasteiger partial charge in [0.15, 0.2) is 5.65 Å². The van der Waals surface area contributed by atoms with Crippen LogP contribution in [0.1, 0.15) is 6.42 Å². The largest absolute Gasteiger partial charge is 0.369 e. The van der Waals surface area contributed by atoms with Crippen molar-refractivity contribution in [2.45, 2.75) is 11.4 Å². The van der Waals surface area contributed by atoms with Crippen molar-refractivity contribution < 1.29 is 0 Å². The summed E-state index contributed by atoms with van der Waals surface area (Å²) < 4.78 is 1.75. The number of rotatable bonds is 6. The van der Waals surface area contributed by atoms with Crippen molar-refractivity contribution in [1.29, 1.82) is 0 Å². The van der Waals surface area contributed by atoms with Gasteiger partial charge in [0.2, 0.25) is 0 Å². The number of nitrogens with zero attached hydrogens (tertiary/aromatic N) is 5. The number of aryl methyl sites for hydroxylation is 1. The Morgan fingerprint density at radius 3 is 3.05 bits per heavy atom. The molecule has 1 N–H and O–H groups in total. The van der Waals surface area contributed by atoms with Crippen LogP contribution in [0.5, 0.6) is 0 Å². The van der Waals surface area contributed by atoms with Crippen LogP contribution in [0.25, 0.3) is 11.0 Å². The first-order valence-corrected chi connectivity index (χ1v) is 7.73. The van der Waals surface area contributed by atoms with E-state index in [1.54, 1.807) is 29.0 Å². The van der Waals surface area contributed by atoms with Crippen LogP contribution >= 0.6 is 11.8 Å². The molecular formula is C14H16N6S. The summed E-state index contributed by atoms with van der Waals surface area (Å²) in [5.74, 6) is 1.86. The van der Waals surface area contributed by atoms with Gasteiger partial charge in [-0.05, 0) is 18.6 Å². The fourth-order valence-electron chi connectivity index (χ4n) is 1.99. The quantitative estimate of drug-likeness (QED) is 0.557. The summed E-state index contributed by atoms with van der Waals surface area (Å²) in [5, 5.41) is 9.57. The average molecular weight is 300 g/mol. The van der Waals surface area contributed by atoms with E-state index in [-0.39, 0.29) is 0 Å². The number of fused-ring (bicyclic) bond motifs is 1. The summed E-state index contributed by atoms with van der Waals surface area (Å²) in [6.45, 7) is 0.862. The van der Waals surface area contributed by atoms with Gasteiger partial charge in [-0.3, -0.25) is 4.68 Å². The molecule has 0 atom stereocenters. The van der Waals surface area contributed by atoms with E-state index in [0.717, 1.165) is 40.6 Å². The molecule has 0 saturated carbocycles. The minimum atomic E-state index is 0.843. The van der Waals surface area contributed by atoms with Crippen LogP contribution in [-0.2, 0) is 7.05 Å². The van der Waals surface area contributed by atoms with Crippen LogP contribution in [0.2, 0.25) is 0 Å². The Morgan fingerprint density at radius 2 is 2.19 bits per heavy atom. The highest BCUT2D eigenvalue weighted by Crippen LogP contribution is 2.18. The van der Waals surface area contributed by atoms with Crippen molar-refractivity contribution in [2.75, 3.05) is 17.6 Å². The molecule has 0 bridgehead atoms. The van der Waals surface area contributed by atoms with Gasteiger partial charge in [-0.15, -0.1) is 11.8 Å². The Balaban J connectivity index is 1.51. The van der Waals surface area contributed by atoms with E-state index in [9.17, 15) is 0 Å². The lowest BCUT2D eigenvalue weighted by Gasteiger charge is -2.06. The first-order chi connectivity index (χ1) is 10.3. The topological polar surface area (TPSA) is 68.5 Å². The van der Waals surface area contributed by atoms with Crippen LogP contribution in [0.3, 0.4) is 0 Å². The third-order valence-corrected chi connectivity index (χ3v) is 4.06. The number of thioether (sulfide) groups is 1. The third-order valence-electron chi connectivity index (χ3n) is 3.03. The Hall–Kier alpha value is -2.15. The molecule has 0 saturated heterocycles. The second-order valence-corrected chi connectivity index (χ2v) is 5.64. The standard InChI is InChI=1S/C14H16N6S/c1-20-14-11(9-19-20)13(17-10-18-14)16-7-4-8-21-12-5-2-3-6-15-12/h2-3,5-6,9-10H,4,7-8H2,1H3,(H,16,17,18). The molecule has 3 heterocycles. The highest BCUT2D eigenvalue weighted by atomic mass is 32.2. The number of aromatic nitrogens is 5. The van der Waals surface area contributed by atoms with E-state index in [2.05, 4.69) is 25.4 Å². The van der Waals surface area contributed by atoms with Crippen molar-refractivity contribution in [2.24, 2.45) is 7.05 Å². The van der Waals surface area contributed by atoms with Gasteiger partial charge < -0.3 is 5.32 Å². The molecule has 7 heteroatoms. The van der Waals surface area contributed by atoms with E-state index in [1.165, 1.54) is 0 Å². The van der Waals surface area contributed by atoms with Gasteiger partial charge in [0, 0.05) is 25.5 Å². The van der Waals surface area contributed by atoms with Crippen LogP contribution in [0, 0.1) is 0 Å². The predicted molar refractivity (Wildman–Crippen MR) is 84.4 cm³/mol. The van der Waals surface area contributed by atoms with Crippen LogP contribution in [0.4, 0.5) is 5.82 Å². The summed E-state index contributed by atoms with van der Waals surface area (Å²) in [4.78, 5) is 12.8. The van der Waals surface area contributed by atoms with Gasteiger partial charge in [0.25, 0.3) is 0 Å². The molecule has 0 amide bonds. The Morgan fingerprint density at radius 1 is 1.24 bits per heavy atom. The second kappa shape index (κ2) is 6.53. The van der Waals surface area contributed by atoms with Crippen molar-refractivity contribution in [3.63, 3.8) is 0 Å². The van der Waals surface area contributed by atoms with E-state index >= 15 is 0 Å². The SMILES string of the molecule is Cn1ncc2c(NCCCSc3ccccn3)ncnc21. The summed E-state index contributed by atoms with van der Waals surface area (Å²) in [5.41, 5.74) is 0.843. The number of hydrogen-bond donors (Lipinski definition) is 1. The highest BCUT2D eigenvalue weighted by Gasteiger charge is 2.06. The lowest BCUT2D eigenvalue weighted by Crippen LogP contribution is -2.05. The molecule has 0 aliphatic carbocycles. The first-order valence-electron chi connectivity index (χ1n) is 6.75. The summed E-state index contributed by atoms with van der Waals surface area (Å²) in [7, 11) is 1.88. The van der Waals surface area contributed by atoms with Crippen LogP contribution in [-0.4, -0.2) is 37.0 Å². The van der Waals surface area contributed by atoms with Gasteiger partial charge in [-0.25, -0.2) is 15.0 Å².